The number of likely N-dealkylation sites (N-methyl/N-ethyl adjacent to an activating group) is 1. The van der Waals surface area contributed by atoms with E-state index in [0.29, 0.717) is 46.9 Å². The first-order valence-corrected chi connectivity index (χ1v) is 21.9. The van der Waals surface area contributed by atoms with E-state index in [1.54, 1.807) is 60.5 Å². The van der Waals surface area contributed by atoms with Gasteiger partial charge in [0.15, 0.2) is 0 Å². The van der Waals surface area contributed by atoms with Crippen molar-refractivity contribution in [2.75, 3.05) is 26.9 Å². The zero-order valence-corrected chi connectivity index (χ0v) is 36.0. The number of carbonyl (C=O) groups excluding carboxylic acids is 2. The van der Waals surface area contributed by atoms with Crippen LogP contribution in [-0.4, -0.2) is 76.6 Å². The summed E-state index contributed by atoms with van der Waals surface area (Å²) in [6.07, 6.45) is 12.3. The van der Waals surface area contributed by atoms with Crippen LogP contribution >= 0.6 is 0 Å². The van der Waals surface area contributed by atoms with Crippen LogP contribution in [0.1, 0.15) is 77.9 Å². The molecule has 1 heterocycles. The molecule has 3 aliphatic rings. The van der Waals surface area contributed by atoms with E-state index in [2.05, 4.69) is 12.7 Å². The molecule has 2 aliphatic carbocycles. The van der Waals surface area contributed by atoms with Crippen molar-refractivity contribution in [1.82, 2.24) is 4.90 Å². The molecule has 0 aromatic heterocycles. The molecule has 0 radical (unpaired) electrons. The highest BCUT2D eigenvalue weighted by atomic mass is 16.7. The van der Waals surface area contributed by atoms with Crippen molar-refractivity contribution in [1.29, 1.82) is 0 Å². The average molecular weight is 870 g/mol. The minimum atomic E-state index is -1.46. The summed E-state index contributed by atoms with van der Waals surface area (Å²) in [4.78, 5) is 44.7. The number of aldehydes is 1. The molecule has 13 heteroatoms. The molecular formula is C51H55N3O10. The van der Waals surface area contributed by atoms with Gasteiger partial charge < -0.3 is 34.2 Å². The number of aliphatic hydroxyl groups is 2. The highest BCUT2D eigenvalue weighted by Crippen LogP contribution is 2.62. The van der Waals surface area contributed by atoms with Crippen LogP contribution in [0.2, 0.25) is 0 Å². The number of amides is 1. The fraction of sp³-hybridized carbons (Fsp3) is 0.353. The van der Waals surface area contributed by atoms with Gasteiger partial charge in [0.1, 0.15) is 36.2 Å². The molecule has 4 aromatic rings. The largest absolute Gasteiger partial charge is 0.459 e. The lowest BCUT2D eigenvalue weighted by Crippen LogP contribution is -2.69. The second-order valence-corrected chi connectivity index (χ2v) is 16.5. The number of unbranched alkanes of at least 4 members (excludes halogenated alkanes) is 2. The summed E-state index contributed by atoms with van der Waals surface area (Å²) in [5.74, 6) is -1.00. The first-order valence-electron chi connectivity index (χ1n) is 21.9. The van der Waals surface area contributed by atoms with Gasteiger partial charge in [0.05, 0.1) is 23.2 Å². The number of oxime groups is 1. The Hall–Kier alpha value is -6.41. The van der Waals surface area contributed by atoms with E-state index in [9.17, 15) is 29.9 Å². The highest BCUT2D eigenvalue weighted by Gasteiger charge is 2.65. The first kappa shape index (κ1) is 45.6. The fourth-order valence-electron chi connectivity index (χ4n) is 9.48. The Morgan fingerprint density at radius 3 is 2.42 bits per heavy atom. The number of benzene rings is 4. The molecule has 64 heavy (non-hydrogen) atoms. The maximum atomic E-state index is 14.4. The number of allylic oxidation sites excluding steroid dienone is 1. The number of nitro benzene ring substituents is 1. The third-order valence-corrected chi connectivity index (χ3v) is 12.5. The number of hydrogen-bond donors (Lipinski definition) is 2. The zero-order valence-electron chi connectivity index (χ0n) is 36.0. The third-order valence-electron chi connectivity index (χ3n) is 12.5. The van der Waals surface area contributed by atoms with Gasteiger partial charge in [-0.15, -0.1) is 6.58 Å². The van der Waals surface area contributed by atoms with Gasteiger partial charge in [0.25, 0.3) is 5.69 Å². The molecular weight excluding hydrogens is 815 g/mol. The van der Waals surface area contributed by atoms with Gasteiger partial charge in [-0.05, 0) is 103 Å². The van der Waals surface area contributed by atoms with E-state index in [1.165, 1.54) is 18.2 Å². The Labute approximate surface area is 373 Å². The highest BCUT2D eigenvalue weighted by molar-refractivity contribution is 6.03. The summed E-state index contributed by atoms with van der Waals surface area (Å²) >= 11 is 0. The maximum absolute atomic E-state index is 14.4. The van der Waals surface area contributed by atoms with Crippen LogP contribution in [0.25, 0.3) is 6.08 Å². The second kappa shape index (κ2) is 21.3. The second-order valence-electron chi connectivity index (χ2n) is 16.5. The zero-order chi connectivity index (χ0) is 45.1. The molecule has 13 nitrogen and oxygen atoms in total. The first-order chi connectivity index (χ1) is 31.2. The molecule has 6 atom stereocenters. The van der Waals surface area contributed by atoms with Crippen LogP contribution < -0.4 is 9.47 Å². The van der Waals surface area contributed by atoms with Crippen molar-refractivity contribution in [3.8, 4) is 17.2 Å². The molecule has 4 aromatic carbocycles. The summed E-state index contributed by atoms with van der Waals surface area (Å²) in [5.41, 5.74) is 4.41. The Morgan fingerprint density at radius 2 is 1.70 bits per heavy atom. The van der Waals surface area contributed by atoms with Crippen molar-refractivity contribution in [2.45, 2.75) is 69.3 Å². The van der Waals surface area contributed by atoms with Gasteiger partial charge in [0.2, 0.25) is 11.7 Å². The van der Waals surface area contributed by atoms with Crippen LogP contribution in [-0.2, 0) is 21.0 Å². The number of aliphatic hydroxyl groups excluding tert-OH is 2. The number of nitro groups is 1. The molecule has 6 unspecified atom stereocenters. The number of ether oxygens (including phenoxy) is 3. The van der Waals surface area contributed by atoms with Crippen molar-refractivity contribution < 1.29 is 43.8 Å². The minimum Gasteiger partial charge on any atom is -0.459 e. The number of non-ortho nitro benzene ring substituents is 1. The molecule has 2 N–H and O–H groups in total. The van der Waals surface area contributed by atoms with E-state index in [4.69, 9.17) is 24.2 Å². The summed E-state index contributed by atoms with van der Waals surface area (Å²) in [5, 5.41) is 36.0. The fourth-order valence-corrected chi connectivity index (χ4v) is 9.48. The van der Waals surface area contributed by atoms with Crippen LogP contribution in [0.5, 0.6) is 17.2 Å². The van der Waals surface area contributed by atoms with Gasteiger partial charge in [-0.25, -0.2) is 0 Å². The molecule has 0 bridgehead atoms. The number of rotatable bonds is 21. The predicted molar refractivity (Wildman–Crippen MR) is 243 cm³/mol. The van der Waals surface area contributed by atoms with Crippen molar-refractivity contribution in [2.24, 2.45) is 22.9 Å². The Morgan fingerprint density at radius 1 is 0.953 bits per heavy atom. The Bertz CT molecular complexity index is 2360. The number of hydrogen-bond acceptors (Lipinski definition) is 11. The Balaban J connectivity index is 1.39. The van der Waals surface area contributed by atoms with E-state index in [1.807, 2.05) is 48.5 Å². The summed E-state index contributed by atoms with van der Waals surface area (Å²) in [6, 6.07) is 27.6. The van der Waals surface area contributed by atoms with Gasteiger partial charge in [-0.3, -0.25) is 19.7 Å². The monoisotopic (exact) mass is 869 g/mol. The molecule has 334 valence electrons. The molecule has 1 saturated carbocycles. The lowest BCUT2D eigenvalue weighted by Gasteiger charge is -2.59. The number of nitrogens with zero attached hydrogens (tertiary/aromatic N) is 3. The SMILES string of the molecule is C=CCOC12Oc3ccc(Oc4cccc(C=O)c4)cc3C3C(CCCCO)C(CCCCO)C=C(C(=NOCc4ccccc4)CC1N(C)C(=O)C=Cc1ccc([N+](=O)[O-])cc1)C32. The molecule has 7 rings (SSSR count). The van der Waals surface area contributed by atoms with Crippen LogP contribution in [0.4, 0.5) is 5.69 Å². The van der Waals surface area contributed by atoms with Gasteiger partial charge >= 0.3 is 0 Å². The van der Waals surface area contributed by atoms with Crippen molar-refractivity contribution in [3.05, 3.63) is 160 Å². The predicted octanol–water partition coefficient (Wildman–Crippen LogP) is 9.21. The van der Waals surface area contributed by atoms with Gasteiger partial charge in [0, 0.05) is 61.9 Å². The Kier molecular flexibility index (Phi) is 15.2. The smallest absolute Gasteiger partial charge is 0.269 e. The normalized spacial score (nSPS) is 22.7. The number of fused-ring (bicyclic) bond motifs is 2. The van der Waals surface area contributed by atoms with Gasteiger partial charge in [-0.2, -0.15) is 0 Å². The minimum absolute atomic E-state index is 0.00438. The maximum Gasteiger partial charge on any atom is 0.269 e. The summed E-state index contributed by atoms with van der Waals surface area (Å²) in [7, 11) is 1.71. The van der Waals surface area contributed by atoms with Crippen LogP contribution in [0.15, 0.2) is 133 Å². The average Bonchev–Trinajstić information content (AvgIpc) is 3.31. The topological polar surface area (TPSA) is 170 Å². The molecule has 1 fully saturated rings. The quantitative estimate of drug-likeness (QED) is 0.0206. The molecule has 0 spiro atoms. The van der Waals surface area contributed by atoms with Crippen molar-refractivity contribution >= 4 is 29.7 Å². The van der Waals surface area contributed by atoms with E-state index < -0.39 is 22.7 Å². The van der Waals surface area contributed by atoms with Crippen LogP contribution in [0.3, 0.4) is 0 Å². The lowest BCUT2D eigenvalue weighted by molar-refractivity contribution is -0.384. The van der Waals surface area contributed by atoms with Gasteiger partial charge in [-0.1, -0.05) is 72.6 Å². The van der Waals surface area contributed by atoms with Crippen molar-refractivity contribution in [3.63, 3.8) is 0 Å². The molecule has 1 amide bonds. The van der Waals surface area contributed by atoms with E-state index in [0.717, 1.165) is 48.7 Å². The van der Waals surface area contributed by atoms with Crippen LogP contribution in [0, 0.1) is 27.9 Å². The number of carbonyl (C=O) groups is 2. The summed E-state index contributed by atoms with van der Waals surface area (Å²) < 4.78 is 20.6. The standard InChI is InChI=1S/C51H55N3O10/c1-3-28-61-51-47(53(2)48(58)25-20-35-18-21-39(22-19-35)54(59)60)32-45(52-62-34-36-12-5-4-6-13-36)43-30-38(15-7-9-26-55)42(17-8-10-27-56)49(50(43)51)44-31-41(23-24-46(44)64-51)63-40-16-11-14-37(29-40)33-57/h3-6,11-14,16,18-25,29-31,33,38,42,47,49-50,55-56H,1,7-10,15,17,26-28,32,34H2,2H3. The summed E-state index contributed by atoms with van der Waals surface area (Å²) in [6.45, 7) is 4.44. The molecule has 0 saturated heterocycles. The lowest BCUT2D eigenvalue weighted by atomic mass is 9.55. The molecule has 1 aliphatic heterocycles. The third kappa shape index (κ3) is 10.2. The van der Waals surface area contributed by atoms with E-state index >= 15 is 0 Å². The van der Waals surface area contributed by atoms with E-state index in [-0.39, 0.29) is 62.2 Å².